The first-order chi connectivity index (χ1) is 8.49. The van der Waals surface area contributed by atoms with Gasteiger partial charge in [0, 0.05) is 23.9 Å². The smallest absolute Gasteiger partial charge is 0.347 e. The Morgan fingerprint density at radius 2 is 2.39 bits per heavy atom. The van der Waals surface area contributed by atoms with Gasteiger partial charge in [-0.15, -0.1) is 0 Å². The van der Waals surface area contributed by atoms with Gasteiger partial charge < -0.3 is 15.4 Å². The number of nitrogens with one attached hydrogen (secondary N) is 2. The lowest BCUT2D eigenvalue weighted by Gasteiger charge is -2.23. The number of rotatable bonds is 5. The second-order valence-electron chi connectivity index (χ2n) is 4.66. The number of aromatic nitrogens is 2. The number of anilines is 1. The van der Waals surface area contributed by atoms with Crippen LogP contribution in [0.15, 0.2) is 24.5 Å². The predicted molar refractivity (Wildman–Crippen MR) is 71.4 cm³/mol. The molecule has 0 fully saturated rings. The molecule has 0 aliphatic heterocycles. The number of carbonyl (C=O) groups is 1. The third-order valence-corrected chi connectivity index (χ3v) is 3.67. The molecule has 2 aromatic heterocycles. The van der Waals surface area contributed by atoms with E-state index in [0.29, 0.717) is 11.7 Å². The number of hydrogen-bond donors (Lipinski definition) is 3. The molecule has 2 rings (SSSR count). The van der Waals surface area contributed by atoms with E-state index in [1.54, 1.807) is 0 Å². The summed E-state index contributed by atoms with van der Waals surface area (Å²) >= 11 is 1.15. The van der Waals surface area contributed by atoms with E-state index in [4.69, 9.17) is 5.11 Å². The Balaban J connectivity index is 2.00. The van der Waals surface area contributed by atoms with Crippen molar-refractivity contribution in [2.24, 2.45) is 0 Å². The van der Waals surface area contributed by atoms with Crippen LogP contribution in [-0.4, -0.2) is 27.6 Å². The third-order valence-electron chi connectivity index (χ3n) is 2.73. The normalized spacial score (nSPS) is 11.4. The van der Waals surface area contributed by atoms with Gasteiger partial charge >= 0.3 is 5.97 Å². The van der Waals surface area contributed by atoms with E-state index in [2.05, 4.69) is 29.1 Å². The molecule has 0 amide bonds. The Morgan fingerprint density at radius 3 is 2.94 bits per heavy atom. The number of nitrogens with zero attached hydrogens (tertiary/aromatic N) is 1. The van der Waals surface area contributed by atoms with Crippen LogP contribution in [0.4, 0.5) is 5.13 Å². The molecule has 0 saturated heterocycles. The molecule has 0 saturated carbocycles. The second kappa shape index (κ2) is 4.81. The van der Waals surface area contributed by atoms with Crippen molar-refractivity contribution >= 4 is 22.4 Å². The fraction of sp³-hybridized carbons (Fsp3) is 0.333. The van der Waals surface area contributed by atoms with Gasteiger partial charge in [-0.3, -0.25) is 0 Å². The molecule has 0 bridgehead atoms. The van der Waals surface area contributed by atoms with Gasteiger partial charge in [-0.25, -0.2) is 9.78 Å². The van der Waals surface area contributed by atoms with E-state index in [9.17, 15) is 4.79 Å². The number of H-pyrrole nitrogens is 1. The zero-order valence-electron chi connectivity index (χ0n) is 10.2. The van der Waals surface area contributed by atoms with E-state index in [-0.39, 0.29) is 10.3 Å². The summed E-state index contributed by atoms with van der Waals surface area (Å²) in [5, 5.41) is 12.6. The SMILES string of the molecule is CC(C)(CNc1ncc(C(=O)O)s1)c1ccc[nH]1. The number of carboxylic acids is 1. The second-order valence-corrected chi connectivity index (χ2v) is 5.69. The highest BCUT2D eigenvalue weighted by molar-refractivity contribution is 7.17. The molecular formula is C12H15N3O2S. The van der Waals surface area contributed by atoms with Crippen molar-refractivity contribution in [3.63, 3.8) is 0 Å². The highest BCUT2D eigenvalue weighted by Gasteiger charge is 2.21. The van der Waals surface area contributed by atoms with Crippen molar-refractivity contribution in [3.05, 3.63) is 35.1 Å². The van der Waals surface area contributed by atoms with Crippen LogP contribution in [0.3, 0.4) is 0 Å². The average molecular weight is 265 g/mol. The molecule has 5 nitrogen and oxygen atoms in total. The minimum atomic E-state index is -0.941. The molecule has 0 aromatic carbocycles. The van der Waals surface area contributed by atoms with Crippen molar-refractivity contribution in [3.8, 4) is 0 Å². The minimum absolute atomic E-state index is 0.0709. The zero-order valence-corrected chi connectivity index (χ0v) is 11.0. The van der Waals surface area contributed by atoms with Gasteiger partial charge in [0.2, 0.25) is 0 Å². The number of aromatic carboxylic acids is 1. The van der Waals surface area contributed by atoms with Crippen LogP contribution in [0.5, 0.6) is 0 Å². The number of hydrogen-bond acceptors (Lipinski definition) is 4. The first kappa shape index (κ1) is 12.6. The maximum absolute atomic E-state index is 10.7. The third kappa shape index (κ3) is 2.70. The molecule has 0 atom stereocenters. The summed E-state index contributed by atoms with van der Waals surface area (Å²) in [5.41, 5.74) is 1.06. The molecule has 0 spiro atoms. The zero-order chi connectivity index (χ0) is 13.2. The summed E-state index contributed by atoms with van der Waals surface area (Å²) in [6, 6.07) is 4.00. The standard InChI is InChI=1S/C12H15N3O2S/c1-12(2,9-4-3-5-13-9)7-15-11-14-6-8(18-11)10(16)17/h3-6,13H,7H2,1-2H3,(H,14,15)(H,16,17). The number of carboxylic acid groups (broad SMARTS) is 1. The lowest BCUT2D eigenvalue weighted by Crippen LogP contribution is -2.27. The first-order valence-electron chi connectivity index (χ1n) is 5.56. The molecule has 18 heavy (non-hydrogen) atoms. The Labute approximate surface area is 109 Å². The van der Waals surface area contributed by atoms with Crippen LogP contribution >= 0.6 is 11.3 Å². The number of thiazole rings is 1. The Morgan fingerprint density at radius 1 is 1.61 bits per heavy atom. The highest BCUT2D eigenvalue weighted by atomic mass is 32.1. The molecule has 96 valence electrons. The first-order valence-corrected chi connectivity index (χ1v) is 6.37. The van der Waals surface area contributed by atoms with Gasteiger partial charge in [-0.1, -0.05) is 25.2 Å². The van der Waals surface area contributed by atoms with Crippen LogP contribution < -0.4 is 5.32 Å². The Kier molecular flexibility index (Phi) is 3.38. The summed E-state index contributed by atoms with van der Waals surface area (Å²) in [6.45, 7) is 4.90. The van der Waals surface area contributed by atoms with Gasteiger partial charge in [0.15, 0.2) is 5.13 Å². The largest absolute Gasteiger partial charge is 0.477 e. The van der Waals surface area contributed by atoms with E-state index in [0.717, 1.165) is 17.0 Å². The van der Waals surface area contributed by atoms with Crippen LogP contribution in [0, 0.1) is 0 Å². The molecule has 0 aliphatic carbocycles. The highest BCUT2D eigenvalue weighted by Crippen LogP contribution is 2.24. The summed E-state index contributed by atoms with van der Waals surface area (Å²) < 4.78 is 0. The summed E-state index contributed by atoms with van der Waals surface area (Å²) in [6.07, 6.45) is 3.26. The van der Waals surface area contributed by atoms with Gasteiger partial charge in [0.25, 0.3) is 0 Å². The lowest BCUT2D eigenvalue weighted by atomic mass is 9.89. The van der Waals surface area contributed by atoms with Crippen molar-refractivity contribution in [2.75, 3.05) is 11.9 Å². The van der Waals surface area contributed by atoms with E-state index < -0.39 is 5.97 Å². The molecule has 6 heteroatoms. The summed E-state index contributed by atoms with van der Waals surface area (Å²) in [4.78, 5) is 18.2. The fourth-order valence-corrected chi connectivity index (χ4v) is 2.25. The molecule has 0 aliphatic rings. The van der Waals surface area contributed by atoms with E-state index >= 15 is 0 Å². The molecule has 3 N–H and O–H groups in total. The van der Waals surface area contributed by atoms with Gasteiger partial charge in [0.05, 0.1) is 6.20 Å². The predicted octanol–water partition coefficient (Wildman–Crippen LogP) is 2.56. The molecule has 0 unspecified atom stereocenters. The van der Waals surface area contributed by atoms with Gasteiger partial charge in [0.1, 0.15) is 4.88 Å². The van der Waals surface area contributed by atoms with Crippen LogP contribution in [0.1, 0.15) is 29.2 Å². The minimum Gasteiger partial charge on any atom is -0.477 e. The summed E-state index contributed by atoms with van der Waals surface area (Å²) in [7, 11) is 0. The van der Waals surface area contributed by atoms with Crippen molar-refractivity contribution in [2.45, 2.75) is 19.3 Å². The lowest BCUT2D eigenvalue weighted by molar-refractivity contribution is 0.0702. The average Bonchev–Trinajstić information content (AvgIpc) is 2.98. The van der Waals surface area contributed by atoms with Crippen molar-refractivity contribution < 1.29 is 9.90 Å². The molecule has 2 aromatic rings. The van der Waals surface area contributed by atoms with E-state index in [1.165, 1.54) is 6.20 Å². The monoisotopic (exact) mass is 265 g/mol. The van der Waals surface area contributed by atoms with Crippen LogP contribution in [0.25, 0.3) is 0 Å². The van der Waals surface area contributed by atoms with Crippen LogP contribution in [-0.2, 0) is 5.41 Å². The van der Waals surface area contributed by atoms with Crippen molar-refractivity contribution in [1.82, 2.24) is 9.97 Å². The topological polar surface area (TPSA) is 78.0 Å². The van der Waals surface area contributed by atoms with E-state index in [1.807, 2.05) is 18.3 Å². The van der Waals surface area contributed by atoms with Gasteiger partial charge in [-0.05, 0) is 12.1 Å². The maximum atomic E-state index is 10.7. The summed E-state index contributed by atoms with van der Waals surface area (Å²) in [5.74, 6) is -0.941. The molecular weight excluding hydrogens is 250 g/mol. The van der Waals surface area contributed by atoms with Crippen molar-refractivity contribution in [1.29, 1.82) is 0 Å². The van der Waals surface area contributed by atoms with Gasteiger partial charge in [-0.2, -0.15) is 0 Å². The Hall–Kier alpha value is -1.82. The molecule has 0 radical (unpaired) electrons. The number of aromatic amines is 1. The molecule has 2 heterocycles. The Bertz CT molecular complexity index is 531. The van der Waals surface area contributed by atoms with Crippen LogP contribution in [0.2, 0.25) is 0 Å². The maximum Gasteiger partial charge on any atom is 0.347 e. The fourth-order valence-electron chi connectivity index (χ4n) is 1.60. The quantitative estimate of drug-likeness (QED) is 0.776.